The Morgan fingerprint density at radius 2 is 1.78 bits per heavy atom. The molecule has 1 aliphatic rings. The second kappa shape index (κ2) is 11.9. The SMILES string of the molecule is COc1cc(C2C(C#N)=C(N)Oc3cc(OC(=O)c4oc5cc(C)c(Cl)cc5c4C)ccc32)ccc1OCc1ccc(C)cc1. The van der Waals surface area contributed by atoms with Gasteiger partial charge in [-0.3, -0.25) is 0 Å². The number of ether oxygens (including phenoxy) is 4. The molecule has 2 heterocycles. The summed E-state index contributed by atoms with van der Waals surface area (Å²) in [5.41, 5.74) is 12.1. The van der Waals surface area contributed by atoms with Crippen LogP contribution in [-0.2, 0) is 6.61 Å². The zero-order chi connectivity index (χ0) is 31.8. The normalized spacial score (nSPS) is 14.0. The summed E-state index contributed by atoms with van der Waals surface area (Å²) >= 11 is 6.28. The number of nitrogens with zero attached hydrogens (tertiary/aromatic N) is 1. The van der Waals surface area contributed by atoms with Crippen LogP contribution in [0.5, 0.6) is 23.0 Å². The predicted octanol–water partition coefficient (Wildman–Crippen LogP) is 8.04. The monoisotopic (exact) mass is 620 g/mol. The number of hydrogen-bond acceptors (Lipinski definition) is 8. The van der Waals surface area contributed by atoms with E-state index >= 15 is 0 Å². The van der Waals surface area contributed by atoms with Crippen LogP contribution in [0.4, 0.5) is 0 Å². The first kappa shape index (κ1) is 29.7. The summed E-state index contributed by atoms with van der Waals surface area (Å²) in [5.74, 6) is 0.438. The van der Waals surface area contributed by atoms with Crippen LogP contribution in [0, 0.1) is 32.1 Å². The zero-order valence-corrected chi connectivity index (χ0v) is 25.8. The number of halogens is 1. The fourth-order valence-corrected chi connectivity index (χ4v) is 5.52. The molecule has 1 unspecified atom stereocenters. The summed E-state index contributed by atoms with van der Waals surface area (Å²) in [4.78, 5) is 13.2. The van der Waals surface area contributed by atoms with Crippen molar-refractivity contribution in [2.75, 3.05) is 7.11 Å². The van der Waals surface area contributed by atoms with Crippen molar-refractivity contribution in [2.24, 2.45) is 5.73 Å². The molecule has 1 aliphatic heterocycles. The Hall–Kier alpha value is -5.39. The predicted molar refractivity (Wildman–Crippen MR) is 170 cm³/mol. The molecule has 226 valence electrons. The number of esters is 1. The van der Waals surface area contributed by atoms with E-state index in [-0.39, 0.29) is 23.0 Å². The summed E-state index contributed by atoms with van der Waals surface area (Å²) in [6.07, 6.45) is 0. The quantitative estimate of drug-likeness (QED) is 0.143. The maximum absolute atomic E-state index is 13.2. The van der Waals surface area contributed by atoms with Gasteiger partial charge in [0.1, 0.15) is 35.3 Å². The van der Waals surface area contributed by atoms with Gasteiger partial charge in [-0.25, -0.2) is 4.79 Å². The Kier molecular flexibility index (Phi) is 7.88. The topological polar surface area (TPSA) is 117 Å². The number of nitriles is 1. The first-order valence-corrected chi connectivity index (χ1v) is 14.5. The molecule has 8 nitrogen and oxygen atoms in total. The summed E-state index contributed by atoms with van der Waals surface area (Å²) in [6.45, 7) is 6.04. The van der Waals surface area contributed by atoms with Gasteiger partial charge in [0.15, 0.2) is 11.5 Å². The van der Waals surface area contributed by atoms with Gasteiger partial charge in [0, 0.05) is 27.6 Å². The molecule has 0 amide bonds. The average molecular weight is 621 g/mol. The Balaban J connectivity index is 1.28. The maximum atomic E-state index is 13.2. The van der Waals surface area contributed by atoms with Crippen molar-refractivity contribution >= 4 is 28.5 Å². The number of hydrogen-bond donors (Lipinski definition) is 1. The van der Waals surface area contributed by atoms with E-state index in [1.807, 2.05) is 56.3 Å². The lowest BCUT2D eigenvalue weighted by Crippen LogP contribution is -2.21. The number of furan rings is 1. The third kappa shape index (κ3) is 5.66. The van der Waals surface area contributed by atoms with Crippen LogP contribution in [-0.4, -0.2) is 13.1 Å². The number of nitrogens with two attached hydrogens (primary N) is 1. The molecule has 1 aromatic heterocycles. The molecule has 0 bridgehead atoms. The average Bonchev–Trinajstić information content (AvgIpc) is 3.34. The molecule has 9 heteroatoms. The third-order valence-electron chi connectivity index (χ3n) is 7.84. The molecule has 0 saturated heterocycles. The van der Waals surface area contributed by atoms with Crippen LogP contribution in [0.3, 0.4) is 0 Å². The zero-order valence-electron chi connectivity index (χ0n) is 25.1. The van der Waals surface area contributed by atoms with Crippen molar-refractivity contribution in [2.45, 2.75) is 33.3 Å². The van der Waals surface area contributed by atoms with Crippen LogP contribution in [0.25, 0.3) is 11.0 Å². The summed E-state index contributed by atoms with van der Waals surface area (Å²) < 4.78 is 29.1. The number of benzene rings is 4. The highest BCUT2D eigenvalue weighted by Crippen LogP contribution is 2.45. The van der Waals surface area contributed by atoms with E-state index in [4.69, 9.17) is 40.7 Å². The molecule has 2 N–H and O–H groups in total. The molecule has 4 aromatic carbocycles. The van der Waals surface area contributed by atoms with Gasteiger partial charge in [-0.05, 0) is 67.8 Å². The van der Waals surface area contributed by atoms with Crippen molar-refractivity contribution in [3.8, 4) is 29.1 Å². The summed E-state index contributed by atoms with van der Waals surface area (Å²) in [7, 11) is 1.56. The van der Waals surface area contributed by atoms with Gasteiger partial charge in [-0.15, -0.1) is 0 Å². The third-order valence-corrected chi connectivity index (χ3v) is 8.25. The number of aryl methyl sites for hydroxylation is 3. The lowest BCUT2D eigenvalue weighted by molar-refractivity contribution is 0.0702. The molecule has 0 saturated carbocycles. The van der Waals surface area contributed by atoms with Crippen LogP contribution in [0.15, 0.2) is 88.7 Å². The van der Waals surface area contributed by atoms with E-state index < -0.39 is 11.9 Å². The highest BCUT2D eigenvalue weighted by atomic mass is 35.5. The van der Waals surface area contributed by atoms with E-state index in [9.17, 15) is 10.1 Å². The Morgan fingerprint density at radius 3 is 2.51 bits per heavy atom. The highest BCUT2D eigenvalue weighted by Gasteiger charge is 2.32. The van der Waals surface area contributed by atoms with Gasteiger partial charge >= 0.3 is 5.97 Å². The van der Waals surface area contributed by atoms with E-state index in [0.717, 1.165) is 22.1 Å². The van der Waals surface area contributed by atoms with Crippen molar-refractivity contribution in [3.05, 3.63) is 128 Å². The summed E-state index contributed by atoms with van der Waals surface area (Å²) in [6, 6.07) is 24.3. The van der Waals surface area contributed by atoms with Crippen LogP contribution >= 0.6 is 11.6 Å². The lowest BCUT2D eigenvalue weighted by Gasteiger charge is -2.27. The largest absolute Gasteiger partial charge is 0.493 e. The number of fused-ring (bicyclic) bond motifs is 2. The number of carbonyl (C=O) groups excluding carboxylic acids is 1. The van der Waals surface area contributed by atoms with E-state index in [1.54, 1.807) is 44.4 Å². The van der Waals surface area contributed by atoms with Crippen molar-refractivity contribution < 1.29 is 28.2 Å². The van der Waals surface area contributed by atoms with Gasteiger partial charge < -0.3 is 29.1 Å². The molecule has 5 aromatic rings. The molecule has 0 spiro atoms. The Bertz CT molecular complexity index is 2040. The first-order chi connectivity index (χ1) is 21.7. The smallest absolute Gasteiger partial charge is 0.379 e. The standard InChI is InChI=1S/C36H29ClN2O6/c1-19-5-7-22(8-6-19)18-42-29-12-9-23(14-32(29)41-4)33-25-11-10-24(15-31(25)45-35(39)27(33)17-38)43-36(40)34-21(3)26-16-28(37)20(2)13-30(26)44-34/h5-16,33H,18,39H2,1-4H3. The van der Waals surface area contributed by atoms with Crippen molar-refractivity contribution in [3.63, 3.8) is 0 Å². The van der Waals surface area contributed by atoms with Crippen LogP contribution in [0.1, 0.15) is 49.9 Å². The molecule has 0 fully saturated rings. The fourth-order valence-electron chi connectivity index (χ4n) is 5.36. The van der Waals surface area contributed by atoms with Gasteiger partial charge in [-0.2, -0.15) is 5.26 Å². The number of carbonyl (C=O) groups is 1. The van der Waals surface area contributed by atoms with Gasteiger partial charge in [0.25, 0.3) is 0 Å². The highest BCUT2D eigenvalue weighted by molar-refractivity contribution is 6.32. The number of rotatable bonds is 7. The second-order valence-electron chi connectivity index (χ2n) is 10.9. The molecular weight excluding hydrogens is 592 g/mol. The molecule has 0 aliphatic carbocycles. The maximum Gasteiger partial charge on any atom is 0.379 e. The minimum Gasteiger partial charge on any atom is -0.493 e. The summed E-state index contributed by atoms with van der Waals surface area (Å²) in [5, 5.41) is 11.4. The van der Waals surface area contributed by atoms with Gasteiger partial charge in [0.05, 0.1) is 13.0 Å². The van der Waals surface area contributed by atoms with Gasteiger partial charge in [-0.1, -0.05) is 53.6 Å². The Morgan fingerprint density at radius 1 is 1.00 bits per heavy atom. The van der Waals surface area contributed by atoms with Crippen LogP contribution in [0.2, 0.25) is 5.02 Å². The van der Waals surface area contributed by atoms with Crippen molar-refractivity contribution in [1.82, 2.24) is 0 Å². The minimum absolute atomic E-state index is 0.0440. The molecule has 6 rings (SSSR count). The molecular formula is C36H29ClN2O6. The van der Waals surface area contributed by atoms with Crippen molar-refractivity contribution in [1.29, 1.82) is 5.26 Å². The number of methoxy groups -OCH3 is 1. The Labute approximate surface area is 265 Å². The lowest BCUT2D eigenvalue weighted by atomic mass is 9.83. The van der Waals surface area contributed by atoms with Crippen LogP contribution < -0.4 is 24.7 Å². The number of allylic oxidation sites excluding steroid dienone is 1. The molecule has 1 atom stereocenters. The minimum atomic E-state index is -0.669. The van der Waals surface area contributed by atoms with E-state index in [0.29, 0.717) is 45.6 Å². The van der Waals surface area contributed by atoms with Gasteiger partial charge in [0.2, 0.25) is 11.6 Å². The molecule has 45 heavy (non-hydrogen) atoms. The van der Waals surface area contributed by atoms with E-state index in [1.165, 1.54) is 5.56 Å². The first-order valence-electron chi connectivity index (χ1n) is 14.2. The molecule has 0 radical (unpaired) electrons. The van der Waals surface area contributed by atoms with E-state index in [2.05, 4.69) is 6.07 Å². The second-order valence-corrected chi connectivity index (χ2v) is 11.3. The fraction of sp³-hybridized carbons (Fsp3) is 0.167.